The second kappa shape index (κ2) is 14.0. The predicted molar refractivity (Wildman–Crippen MR) is 142 cm³/mol. The molecule has 0 unspecified atom stereocenters. The molecule has 0 saturated heterocycles. The number of nitrogens with two attached hydrogens (primary N) is 1. The zero-order chi connectivity index (χ0) is 28.5. The van der Waals surface area contributed by atoms with E-state index in [4.69, 9.17) is 38.4 Å². The summed E-state index contributed by atoms with van der Waals surface area (Å²) in [6.45, 7) is 5.87. The second-order valence-electron chi connectivity index (χ2n) is 9.33. The van der Waals surface area contributed by atoms with Crippen molar-refractivity contribution >= 4 is 47.1 Å². The first-order valence-electron chi connectivity index (χ1n) is 11.7. The second-order valence-corrected chi connectivity index (χ2v) is 10.1. The molecule has 10 nitrogen and oxygen atoms in total. The molecule has 2 atom stereocenters. The van der Waals surface area contributed by atoms with E-state index >= 15 is 0 Å². The molecule has 0 saturated carbocycles. The number of nitrogens with one attached hydrogen (secondary N) is 2. The minimum absolute atomic E-state index is 0.193. The number of rotatable bonds is 10. The normalized spacial score (nSPS) is 12.6. The number of hydrogen-bond acceptors (Lipinski definition) is 8. The maximum Gasteiger partial charge on any atom is 0.516 e. The molecule has 0 radical (unpaired) electrons. The molecule has 4 N–H and O–H groups in total. The summed E-state index contributed by atoms with van der Waals surface area (Å²) in [6, 6.07) is 10.3. The number of amides is 2. The van der Waals surface area contributed by atoms with E-state index in [0.717, 1.165) is 5.56 Å². The Hall–Kier alpha value is -3.34. The summed E-state index contributed by atoms with van der Waals surface area (Å²) in [7, 11) is 0. The Bertz CT molecular complexity index is 1130. The lowest BCUT2D eigenvalue weighted by molar-refractivity contribution is -0.142. The van der Waals surface area contributed by atoms with E-state index in [1.54, 1.807) is 63.2 Å². The lowest BCUT2D eigenvalue weighted by Gasteiger charge is -2.19. The van der Waals surface area contributed by atoms with Crippen molar-refractivity contribution in [1.82, 2.24) is 10.6 Å². The van der Waals surface area contributed by atoms with Gasteiger partial charge in [0.05, 0.1) is 6.04 Å². The van der Waals surface area contributed by atoms with Crippen molar-refractivity contribution in [2.24, 2.45) is 5.73 Å². The van der Waals surface area contributed by atoms with Crippen LogP contribution in [-0.2, 0) is 36.9 Å². The van der Waals surface area contributed by atoms with Crippen LogP contribution in [0.5, 0.6) is 5.75 Å². The zero-order valence-electron chi connectivity index (χ0n) is 21.5. The highest BCUT2D eigenvalue weighted by molar-refractivity contribution is 6.35. The van der Waals surface area contributed by atoms with E-state index in [-0.39, 0.29) is 13.0 Å². The molecule has 0 aliphatic heterocycles. The summed E-state index contributed by atoms with van der Waals surface area (Å²) in [5.41, 5.74) is 6.62. The molecule has 0 aliphatic rings. The molecule has 0 heterocycles. The number of carbonyl (C=O) groups excluding carboxylic acids is 4. The van der Waals surface area contributed by atoms with Crippen LogP contribution in [0.25, 0.3) is 0 Å². The summed E-state index contributed by atoms with van der Waals surface area (Å²) in [6.07, 6.45) is -0.965. The largest absolute Gasteiger partial charge is 0.516 e. The molecule has 0 bridgehead atoms. The highest BCUT2D eigenvalue weighted by atomic mass is 35.5. The number of esters is 1. The minimum atomic E-state index is -1.17. The van der Waals surface area contributed by atoms with Crippen LogP contribution < -0.4 is 21.1 Å². The maximum absolute atomic E-state index is 12.5. The van der Waals surface area contributed by atoms with Crippen LogP contribution in [0.3, 0.4) is 0 Å². The standard InChI is InChI=1S/C26H31Cl2N3O7/c1-15(23(33)30-13-22(32)37-25(35)38-26(2,3)4)31-24(34)21(29)12-16-8-10-17(11-9-16)36-14-18-19(27)6-5-7-20(18)28/h5-11,15,21H,12-14,29H2,1-4H3,(H,30,33)(H,31,34)/t15-,21+/m1/s1. The van der Waals surface area contributed by atoms with Gasteiger partial charge in [0.25, 0.3) is 0 Å². The summed E-state index contributed by atoms with van der Waals surface area (Å²) in [5.74, 6) is -1.65. The highest BCUT2D eigenvalue weighted by Gasteiger charge is 2.23. The lowest BCUT2D eigenvalue weighted by atomic mass is 10.1. The molecular formula is C26H31Cl2N3O7. The van der Waals surface area contributed by atoms with E-state index in [9.17, 15) is 19.2 Å². The van der Waals surface area contributed by atoms with E-state index in [2.05, 4.69) is 15.4 Å². The first-order valence-corrected chi connectivity index (χ1v) is 12.4. The van der Waals surface area contributed by atoms with Gasteiger partial charge in [-0.15, -0.1) is 0 Å². The van der Waals surface area contributed by atoms with Gasteiger partial charge in [0.2, 0.25) is 11.8 Å². The number of halogens is 2. The van der Waals surface area contributed by atoms with E-state index in [1.165, 1.54) is 6.92 Å². The Labute approximate surface area is 231 Å². The average Bonchev–Trinajstić information content (AvgIpc) is 2.81. The SMILES string of the molecule is C[C@@H](NC(=O)[C@@H](N)Cc1ccc(OCc2c(Cl)cccc2Cl)cc1)C(=O)NCC(=O)OC(=O)OC(C)(C)C. The van der Waals surface area contributed by atoms with Crippen molar-refractivity contribution in [3.8, 4) is 5.75 Å². The molecule has 0 aliphatic carbocycles. The monoisotopic (exact) mass is 567 g/mol. The van der Waals surface area contributed by atoms with Crippen molar-refractivity contribution in [2.45, 2.75) is 58.4 Å². The molecule has 2 rings (SSSR count). The van der Waals surface area contributed by atoms with Crippen LogP contribution in [0.1, 0.15) is 38.8 Å². The van der Waals surface area contributed by atoms with Crippen molar-refractivity contribution in [1.29, 1.82) is 0 Å². The van der Waals surface area contributed by atoms with Crippen molar-refractivity contribution in [3.05, 3.63) is 63.6 Å². The fourth-order valence-corrected chi connectivity index (χ4v) is 3.50. The fraction of sp³-hybridized carbons (Fsp3) is 0.385. The predicted octanol–water partition coefficient (Wildman–Crippen LogP) is 3.54. The van der Waals surface area contributed by atoms with Gasteiger partial charge in [-0.3, -0.25) is 9.59 Å². The smallest absolute Gasteiger partial charge is 0.489 e. The molecule has 12 heteroatoms. The summed E-state index contributed by atoms with van der Waals surface area (Å²) in [4.78, 5) is 47.8. The molecule has 0 fully saturated rings. The van der Waals surface area contributed by atoms with Crippen LogP contribution in [0, 0.1) is 0 Å². The van der Waals surface area contributed by atoms with Gasteiger partial charge in [-0.05, 0) is 63.9 Å². The summed E-state index contributed by atoms with van der Waals surface area (Å²) >= 11 is 12.3. The molecule has 2 aromatic rings. The number of benzene rings is 2. The molecule has 2 aromatic carbocycles. The molecule has 206 valence electrons. The third-order valence-electron chi connectivity index (χ3n) is 4.91. The third kappa shape index (κ3) is 10.6. The Balaban J connectivity index is 1.77. The van der Waals surface area contributed by atoms with Crippen LogP contribution >= 0.6 is 23.2 Å². The lowest BCUT2D eigenvalue weighted by Crippen LogP contribution is -2.51. The molecule has 0 spiro atoms. The van der Waals surface area contributed by atoms with Crippen LogP contribution in [0.2, 0.25) is 10.0 Å². The molecule has 2 amide bonds. The van der Waals surface area contributed by atoms with Gasteiger partial charge in [-0.1, -0.05) is 41.4 Å². The van der Waals surface area contributed by atoms with E-state index < -0.39 is 48.2 Å². The van der Waals surface area contributed by atoms with Crippen LogP contribution in [0.4, 0.5) is 4.79 Å². The van der Waals surface area contributed by atoms with Crippen LogP contribution in [-0.4, -0.2) is 48.2 Å². The van der Waals surface area contributed by atoms with Gasteiger partial charge in [0, 0.05) is 15.6 Å². The molecular weight excluding hydrogens is 537 g/mol. The highest BCUT2D eigenvalue weighted by Crippen LogP contribution is 2.26. The minimum Gasteiger partial charge on any atom is -0.489 e. The Morgan fingerprint density at radius 2 is 1.58 bits per heavy atom. The molecule has 0 aromatic heterocycles. The Morgan fingerprint density at radius 1 is 0.974 bits per heavy atom. The Morgan fingerprint density at radius 3 is 2.16 bits per heavy atom. The number of hydrogen-bond donors (Lipinski definition) is 3. The summed E-state index contributed by atoms with van der Waals surface area (Å²) < 4.78 is 15.0. The number of ether oxygens (including phenoxy) is 3. The third-order valence-corrected chi connectivity index (χ3v) is 5.61. The van der Waals surface area contributed by atoms with Gasteiger partial charge in [0.1, 0.15) is 30.5 Å². The van der Waals surface area contributed by atoms with Crippen molar-refractivity contribution in [3.63, 3.8) is 0 Å². The molecule has 38 heavy (non-hydrogen) atoms. The quantitative estimate of drug-likeness (QED) is 0.292. The van der Waals surface area contributed by atoms with Gasteiger partial charge < -0.3 is 30.6 Å². The van der Waals surface area contributed by atoms with E-state index in [1.807, 2.05) is 0 Å². The van der Waals surface area contributed by atoms with Crippen molar-refractivity contribution in [2.75, 3.05) is 6.54 Å². The average molecular weight is 568 g/mol. The van der Waals surface area contributed by atoms with Crippen LogP contribution in [0.15, 0.2) is 42.5 Å². The van der Waals surface area contributed by atoms with Gasteiger partial charge in [0.15, 0.2) is 0 Å². The first kappa shape index (κ1) is 30.9. The fourth-order valence-electron chi connectivity index (χ4n) is 2.99. The first-order chi connectivity index (χ1) is 17.7. The topological polar surface area (TPSA) is 146 Å². The summed E-state index contributed by atoms with van der Waals surface area (Å²) in [5, 5.41) is 5.78. The van der Waals surface area contributed by atoms with Gasteiger partial charge in [-0.25, -0.2) is 9.59 Å². The maximum atomic E-state index is 12.5. The van der Waals surface area contributed by atoms with Gasteiger partial charge >= 0.3 is 12.1 Å². The van der Waals surface area contributed by atoms with Gasteiger partial charge in [-0.2, -0.15) is 0 Å². The number of carbonyl (C=O) groups is 4. The van der Waals surface area contributed by atoms with E-state index in [0.29, 0.717) is 21.4 Å². The zero-order valence-corrected chi connectivity index (χ0v) is 23.0. The Kier molecular flexibility index (Phi) is 11.4. The van der Waals surface area contributed by atoms with Crippen molar-refractivity contribution < 1.29 is 33.4 Å².